The molecule has 0 saturated carbocycles. The van der Waals surface area contributed by atoms with Crippen LogP contribution in [0.5, 0.6) is 0 Å². The number of carbonyl (C=O) groups is 1. The number of hydrogen-bond acceptors (Lipinski definition) is 6. The second kappa shape index (κ2) is 7.35. The van der Waals surface area contributed by atoms with Gasteiger partial charge in [-0.3, -0.25) is 9.78 Å². The van der Waals surface area contributed by atoms with Gasteiger partial charge < -0.3 is 11.1 Å². The fourth-order valence-electron chi connectivity index (χ4n) is 2.26. The number of halogens is 1. The molecule has 3 N–H and O–H groups in total. The van der Waals surface area contributed by atoms with Gasteiger partial charge >= 0.3 is 0 Å². The van der Waals surface area contributed by atoms with Gasteiger partial charge in [0.1, 0.15) is 5.82 Å². The zero-order chi connectivity index (χ0) is 17.8. The molecule has 0 spiro atoms. The molecule has 0 aliphatic carbocycles. The Bertz CT molecular complexity index is 881. The van der Waals surface area contributed by atoms with Gasteiger partial charge in [-0.05, 0) is 29.7 Å². The van der Waals surface area contributed by atoms with Crippen molar-refractivity contribution < 1.29 is 9.18 Å². The molecule has 1 aromatic carbocycles. The van der Waals surface area contributed by atoms with E-state index in [0.717, 1.165) is 5.56 Å². The predicted octanol–water partition coefficient (Wildman–Crippen LogP) is 3.05. The third-order valence-corrected chi connectivity index (χ3v) is 4.38. The Kier molecular flexibility index (Phi) is 4.99. The number of amides is 1. The Balaban J connectivity index is 1.66. The summed E-state index contributed by atoms with van der Waals surface area (Å²) in [7, 11) is 0. The van der Waals surface area contributed by atoms with Crippen LogP contribution in [0.4, 0.5) is 9.52 Å². The lowest BCUT2D eigenvalue weighted by atomic mass is 10.0. The molecular weight excluding hydrogens is 341 g/mol. The van der Waals surface area contributed by atoms with Crippen molar-refractivity contribution in [3.8, 4) is 11.4 Å². The molecule has 3 rings (SSSR count). The average Bonchev–Trinajstić information content (AvgIpc) is 3.09. The molecule has 0 aliphatic rings. The summed E-state index contributed by atoms with van der Waals surface area (Å²) in [5.74, 6) is -0.120. The lowest BCUT2D eigenvalue weighted by Gasteiger charge is -2.12. The lowest BCUT2D eigenvalue weighted by Crippen LogP contribution is -2.11. The van der Waals surface area contributed by atoms with E-state index in [1.165, 1.54) is 29.9 Å². The SMILES string of the molecule is C[C@H](CNc1nc(-c2cncc(C(N)=O)c2)ns1)c1ccc(F)cc1. The van der Waals surface area contributed by atoms with Crippen LogP contribution in [0.1, 0.15) is 28.8 Å². The number of nitrogens with two attached hydrogens (primary N) is 1. The quantitative estimate of drug-likeness (QED) is 0.707. The molecule has 25 heavy (non-hydrogen) atoms. The number of rotatable bonds is 6. The second-order valence-corrected chi connectivity index (χ2v) is 6.34. The molecule has 128 valence electrons. The van der Waals surface area contributed by atoms with Gasteiger partial charge in [0, 0.05) is 36.0 Å². The van der Waals surface area contributed by atoms with Crippen molar-refractivity contribution in [3.63, 3.8) is 0 Å². The molecule has 8 heteroatoms. The normalized spacial score (nSPS) is 11.9. The van der Waals surface area contributed by atoms with Gasteiger partial charge in [-0.15, -0.1) is 0 Å². The summed E-state index contributed by atoms with van der Waals surface area (Å²) < 4.78 is 17.3. The standard InChI is InChI=1S/C17H16FN5OS/c1-10(11-2-4-14(18)5-3-11)7-21-17-22-16(23-25-17)13-6-12(15(19)24)8-20-9-13/h2-6,8-10H,7H2,1H3,(H2,19,24)(H,21,22,23)/t10-/m1/s1. The van der Waals surface area contributed by atoms with E-state index < -0.39 is 5.91 Å². The van der Waals surface area contributed by atoms with Crippen molar-refractivity contribution in [3.05, 3.63) is 59.7 Å². The Morgan fingerprint density at radius 3 is 2.80 bits per heavy atom. The van der Waals surface area contributed by atoms with Crippen LogP contribution in [-0.2, 0) is 0 Å². The van der Waals surface area contributed by atoms with Gasteiger partial charge in [0.25, 0.3) is 0 Å². The highest BCUT2D eigenvalue weighted by Gasteiger charge is 2.11. The first-order valence-corrected chi connectivity index (χ1v) is 8.38. The Morgan fingerprint density at radius 2 is 2.08 bits per heavy atom. The molecule has 0 aliphatic heterocycles. The van der Waals surface area contributed by atoms with E-state index >= 15 is 0 Å². The van der Waals surface area contributed by atoms with E-state index in [-0.39, 0.29) is 11.7 Å². The average molecular weight is 357 g/mol. The number of carbonyl (C=O) groups excluding carboxylic acids is 1. The number of aromatic nitrogens is 3. The van der Waals surface area contributed by atoms with Crippen molar-refractivity contribution in [2.45, 2.75) is 12.8 Å². The summed E-state index contributed by atoms with van der Waals surface area (Å²) in [4.78, 5) is 19.6. The number of hydrogen-bond donors (Lipinski definition) is 2. The maximum Gasteiger partial charge on any atom is 0.250 e. The summed E-state index contributed by atoms with van der Waals surface area (Å²) in [5, 5.41) is 3.88. The monoisotopic (exact) mass is 357 g/mol. The van der Waals surface area contributed by atoms with Crippen molar-refractivity contribution in [1.29, 1.82) is 0 Å². The molecule has 3 aromatic rings. The first kappa shape index (κ1) is 17.0. The van der Waals surface area contributed by atoms with Crippen LogP contribution in [0.2, 0.25) is 0 Å². The third-order valence-electron chi connectivity index (χ3n) is 3.71. The van der Waals surface area contributed by atoms with Crippen LogP contribution in [0.15, 0.2) is 42.7 Å². The van der Waals surface area contributed by atoms with E-state index in [1.807, 2.05) is 6.92 Å². The summed E-state index contributed by atoms with van der Waals surface area (Å²) >= 11 is 1.22. The highest BCUT2D eigenvalue weighted by atomic mass is 32.1. The summed E-state index contributed by atoms with van der Waals surface area (Å²) in [5.41, 5.74) is 7.24. The number of nitrogens with zero attached hydrogens (tertiary/aromatic N) is 3. The van der Waals surface area contributed by atoms with E-state index in [1.54, 1.807) is 24.4 Å². The minimum atomic E-state index is -0.545. The molecule has 1 atom stereocenters. The smallest absolute Gasteiger partial charge is 0.250 e. The third kappa shape index (κ3) is 4.16. The largest absolute Gasteiger partial charge is 0.366 e. The molecular formula is C17H16FN5OS. The minimum Gasteiger partial charge on any atom is -0.366 e. The van der Waals surface area contributed by atoms with Crippen LogP contribution < -0.4 is 11.1 Å². The van der Waals surface area contributed by atoms with Crippen LogP contribution in [0.3, 0.4) is 0 Å². The highest BCUT2D eigenvalue weighted by Crippen LogP contribution is 2.22. The van der Waals surface area contributed by atoms with Crippen molar-refractivity contribution >= 4 is 22.6 Å². The van der Waals surface area contributed by atoms with Gasteiger partial charge in [-0.1, -0.05) is 19.1 Å². The number of benzene rings is 1. The fraction of sp³-hybridized carbons (Fsp3) is 0.176. The summed E-state index contributed by atoms with van der Waals surface area (Å²) in [6, 6.07) is 8.06. The summed E-state index contributed by atoms with van der Waals surface area (Å²) in [6.07, 6.45) is 2.99. The molecule has 2 aromatic heterocycles. The van der Waals surface area contributed by atoms with E-state index in [2.05, 4.69) is 19.7 Å². The topological polar surface area (TPSA) is 93.8 Å². The number of pyridine rings is 1. The first-order chi connectivity index (χ1) is 12.0. The summed E-state index contributed by atoms with van der Waals surface area (Å²) in [6.45, 7) is 2.68. The van der Waals surface area contributed by atoms with E-state index in [4.69, 9.17) is 5.73 Å². The first-order valence-electron chi connectivity index (χ1n) is 7.61. The lowest BCUT2D eigenvalue weighted by molar-refractivity contribution is 0.1000. The van der Waals surface area contributed by atoms with Gasteiger partial charge in [-0.25, -0.2) is 4.39 Å². The van der Waals surface area contributed by atoms with E-state index in [9.17, 15) is 9.18 Å². The number of primary amides is 1. The van der Waals surface area contributed by atoms with Crippen LogP contribution >= 0.6 is 11.5 Å². The Labute approximate surface area is 148 Å². The molecule has 0 fully saturated rings. The fourth-order valence-corrected chi connectivity index (χ4v) is 2.85. The van der Waals surface area contributed by atoms with E-state index in [0.29, 0.717) is 28.6 Å². The molecule has 6 nitrogen and oxygen atoms in total. The van der Waals surface area contributed by atoms with Gasteiger partial charge in [-0.2, -0.15) is 9.36 Å². The highest BCUT2D eigenvalue weighted by molar-refractivity contribution is 7.09. The predicted molar refractivity (Wildman–Crippen MR) is 95.0 cm³/mol. The molecule has 2 heterocycles. The number of nitrogens with one attached hydrogen (secondary N) is 1. The van der Waals surface area contributed by atoms with Crippen LogP contribution in [0, 0.1) is 5.82 Å². The van der Waals surface area contributed by atoms with Gasteiger partial charge in [0.05, 0.1) is 5.56 Å². The van der Waals surface area contributed by atoms with Gasteiger partial charge in [0.2, 0.25) is 11.0 Å². The molecule has 0 bridgehead atoms. The molecule has 0 radical (unpaired) electrons. The Morgan fingerprint density at radius 1 is 1.32 bits per heavy atom. The van der Waals surface area contributed by atoms with Crippen molar-refractivity contribution in [2.75, 3.05) is 11.9 Å². The molecule has 0 unspecified atom stereocenters. The van der Waals surface area contributed by atoms with Crippen LogP contribution in [0.25, 0.3) is 11.4 Å². The minimum absolute atomic E-state index is 0.188. The molecule has 0 saturated heterocycles. The molecule has 1 amide bonds. The second-order valence-electron chi connectivity index (χ2n) is 5.58. The van der Waals surface area contributed by atoms with Crippen molar-refractivity contribution in [1.82, 2.24) is 14.3 Å². The van der Waals surface area contributed by atoms with Gasteiger partial charge in [0.15, 0.2) is 5.82 Å². The van der Waals surface area contributed by atoms with Crippen LogP contribution in [-0.4, -0.2) is 26.8 Å². The Hall–Kier alpha value is -2.87. The zero-order valence-electron chi connectivity index (χ0n) is 13.4. The maximum atomic E-state index is 13.0. The maximum absolute atomic E-state index is 13.0. The number of anilines is 1. The zero-order valence-corrected chi connectivity index (χ0v) is 14.3. The van der Waals surface area contributed by atoms with Crippen molar-refractivity contribution in [2.24, 2.45) is 5.73 Å².